The van der Waals surface area contributed by atoms with Gasteiger partial charge in [0.2, 0.25) is 5.91 Å². The van der Waals surface area contributed by atoms with E-state index in [2.05, 4.69) is 15.5 Å². The molecule has 0 radical (unpaired) electrons. The molecule has 1 amide bonds. The number of hydrogen-bond donors (Lipinski definition) is 3. The standard InChI is InChI=1S/C12H23N5O2S/c1-4-7-17-10(19)15-16-11(17)20-8-5-6-12(2,14-3)9(13)18/h14H,4-8H2,1-3H3,(H2,13,18)(H,15,19). The highest BCUT2D eigenvalue weighted by Gasteiger charge is 2.28. The summed E-state index contributed by atoms with van der Waals surface area (Å²) in [6, 6.07) is 0. The predicted octanol–water partition coefficient (Wildman–Crippen LogP) is 0.317. The number of carbonyl (C=O) groups excluding carboxylic acids is 1. The van der Waals surface area contributed by atoms with E-state index in [1.807, 2.05) is 6.92 Å². The number of aromatic amines is 1. The highest BCUT2D eigenvalue weighted by Crippen LogP contribution is 2.19. The lowest BCUT2D eigenvalue weighted by molar-refractivity contribution is -0.123. The molecule has 1 rings (SSSR count). The second-order valence-electron chi connectivity index (χ2n) is 4.86. The van der Waals surface area contributed by atoms with Crippen LogP contribution in [0.3, 0.4) is 0 Å². The van der Waals surface area contributed by atoms with Gasteiger partial charge in [0.1, 0.15) is 0 Å². The Bertz CT molecular complexity index is 498. The van der Waals surface area contributed by atoms with Crippen LogP contribution in [0.1, 0.15) is 33.1 Å². The SMILES string of the molecule is CCCn1c(SCCCC(C)(NC)C(N)=O)n[nH]c1=O. The van der Waals surface area contributed by atoms with Crippen molar-refractivity contribution in [1.29, 1.82) is 0 Å². The molecule has 1 unspecified atom stereocenters. The summed E-state index contributed by atoms with van der Waals surface area (Å²) >= 11 is 1.51. The Morgan fingerprint density at radius 3 is 2.85 bits per heavy atom. The molecule has 1 atom stereocenters. The van der Waals surface area contributed by atoms with Gasteiger partial charge in [0.25, 0.3) is 0 Å². The highest BCUT2D eigenvalue weighted by atomic mass is 32.2. The maximum Gasteiger partial charge on any atom is 0.343 e. The van der Waals surface area contributed by atoms with Crippen molar-refractivity contribution in [3.8, 4) is 0 Å². The van der Waals surface area contributed by atoms with E-state index in [-0.39, 0.29) is 11.6 Å². The van der Waals surface area contributed by atoms with Crippen LogP contribution in [-0.4, -0.2) is 39.0 Å². The molecule has 0 saturated heterocycles. The molecule has 1 aromatic heterocycles. The minimum Gasteiger partial charge on any atom is -0.368 e. The maximum atomic E-state index is 11.5. The van der Waals surface area contributed by atoms with Gasteiger partial charge in [-0.2, -0.15) is 0 Å². The molecule has 0 aliphatic rings. The molecule has 0 bridgehead atoms. The molecule has 114 valence electrons. The Hall–Kier alpha value is -1.28. The lowest BCUT2D eigenvalue weighted by Crippen LogP contribution is -2.51. The number of nitrogens with one attached hydrogen (secondary N) is 2. The van der Waals surface area contributed by atoms with Crippen LogP contribution in [0.15, 0.2) is 9.95 Å². The Labute approximate surface area is 122 Å². The van der Waals surface area contributed by atoms with E-state index >= 15 is 0 Å². The van der Waals surface area contributed by atoms with Crippen LogP contribution >= 0.6 is 11.8 Å². The van der Waals surface area contributed by atoms with Crippen LogP contribution in [0.5, 0.6) is 0 Å². The van der Waals surface area contributed by atoms with Gasteiger partial charge >= 0.3 is 5.69 Å². The molecule has 4 N–H and O–H groups in total. The highest BCUT2D eigenvalue weighted by molar-refractivity contribution is 7.99. The molecular formula is C12H23N5O2S. The smallest absolute Gasteiger partial charge is 0.343 e. The van der Waals surface area contributed by atoms with Gasteiger partial charge in [-0.25, -0.2) is 9.89 Å². The molecule has 0 spiro atoms. The Morgan fingerprint density at radius 2 is 2.30 bits per heavy atom. The molecule has 1 aromatic rings. The molecule has 0 saturated carbocycles. The maximum absolute atomic E-state index is 11.5. The van der Waals surface area contributed by atoms with Gasteiger partial charge in [0.15, 0.2) is 5.16 Å². The van der Waals surface area contributed by atoms with Gasteiger partial charge in [0, 0.05) is 12.3 Å². The molecule has 0 fully saturated rings. The predicted molar refractivity (Wildman–Crippen MR) is 79.8 cm³/mol. The minimum absolute atomic E-state index is 0.174. The van der Waals surface area contributed by atoms with Crippen molar-refractivity contribution in [3.05, 3.63) is 10.5 Å². The van der Waals surface area contributed by atoms with Crippen LogP contribution in [-0.2, 0) is 11.3 Å². The number of likely N-dealkylation sites (N-methyl/N-ethyl adjacent to an activating group) is 1. The zero-order chi connectivity index (χ0) is 15.2. The summed E-state index contributed by atoms with van der Waals surface area (Å²) in [6.45, 7) is 4.47. The summed E-state index contributed by atoms with van der Waals surface area (Å²) in [4.78, 5) is 22.9. The normalized spacial score (nSPS) is 14.2. The van der Waals surface area contributed by atoms with Gasteiger partial charge in [-0.05, 0) is 33.2 Å². The number of thioether (sulfide) groups is 1. The van der Waals surface area contributed by atoms with E-state index in [0.717, 1.165) is 18.6 Å². The minimum atomic E-state index is -0.685. The Balaban J connectivity index is 2.49. The summed E-state index contributed by atoms with van der Waals surface area (Å²) in [7, 11) is 1.73. The lowest BCUT2D eigenvalue weighted by atomic mass is 9.96. The van der Waals surface area contributed by atoms with Crippen molar-refractivity contribution in [2.75, 3.05) is 12.8 Å². The van der Waals surface area contributed by atoms with Crippen molar-refractivity contribution in [1.82, 2.24) is 20.1 Å². The van der Waals surface area contributed by atoms with Crippen molar-refractivity contribution in [2.24, 2.45) is 5.73 Å². The summed E-state index contributed by atoms with van der Waals surface area (Å²) in [5.74, 6) is 0.422. The zero-order valence-corrected chi connectivity index (χ0v) is 13.0. The molecule has 20 heavy (non-hydrogen) atoms. The molecule has 8 heteroatoms. The number of nitrogens with zero attached hydrogens (tertiary/aromatic N) is 2. The number of amides is 1. The van der Waals surface area contributed by atoms with Gasteiger partial charge in [-0.3, -0.25) is 9.36 Å². The van der Waals surface area contributed by atoms with E-state index < -0.39 is 5.54 Å². The van der Waals surface area contributed by atoms with E-state index in [9.17, 15) is 9.59 Å². The van der Waals surface area contributed by atoms with Gasteiger partial charge in [-0.1, -0.05) is 18.7 Å². The average molecular weight is 301 g/mol. The largest absolute Gasteiger partial charge is 0.368 e. The Kier molecular flexibility index (Phi) is 6.28. The summed E-state index contributed by atoms with van der Waals surface area (Å²) in [5, 5.41) is 10.1. The molecule has 0 aliphatic carbocycles. The Morgan fingerprint density at radius 1 is 1.60 bits per heavy atom. The molecular weight excluding hydrogens is 278 g/mol. The van der Waals surface area contributed by atoms with E-state index in [1.165, 1.54) is 11.8 Å². The van der Waals surface area contributed by atoms with Crippen molar-refractivity contribution < 1.29 is 4.79 Å². The number of rotatable bonds is 9. The van der Waals surface area contributed by atoms with E-state index in [1.54, 1.807) is 18.5 Å². The van der Waals surface area contributed by atoms with Gasteiger partial charge < -0.3 is 11.1 Å². The number of carbonyl (C=O) groups is 1. The monoisotopic (exact) mass is 301 g/mol. The molecule has 0 aromatic carbocycles. The third kappa shape index (κ3) is 4.11. The van der Waals surface area contributed by atoms with Crippen LogP contribution in [0.2, 0.25) is 0 Å². The molecule has 7 nitrogen and oxygen atoms in total. The van der Waals surface area contributed by atoms with Gasteiger partial charge in [-0.15, -0.1) is 5.10 Å². The molecule has 1 heterocycles. The summed E-state index contributed by atoms with van der Waals surface area (Å²) in [6.07, 6.45) is 2.33. The van der Waals surface area contributed by atoms with Crippen LogP contribution in [0, 0.1) is 0 Å². The zero-order valence-electron chi connectivity index (χ0n) is 12.2. The number of hydrogen-bond acceptors (Lipinski definition) is 5. The van der Waals surface area contributed by atoms with Crippen LogP contribution in [0.25, 0.3) is 0 Å². The van der Waals surface area contributed by atoms with Crippen molar-refractivity contribution >= 4 is 17.7 Å². The van der Waals surface area contributed by atoms with Gasteiger partial charge in [0.05, 0.1) is 5.54 Å². The van der Waals surface area contributed by atoms with E-state index in [4.69, 9.17) is 5.73 Å². The first-order valence-electron chi connectivity index (χ1n) is 6.71. The summed E-state index contributed by atoms with van der Waals surface area (Å²) in [5.41, 5.74) is 4.51. The topological polar surface area (TPSA) is 106 Å². The quantitative estimate of drug-likeness (QED) is 0.450. The average Bonchev–Trinajstić information content (AvgIpc) is 2.76. The van der Waals surface area contributed by atoms with Crippen molar-refractivity contribution in [3.63, 3.8) is 0 Å². The van der Waals surface area contributed by atoms with Crippen LogP contribution < -0.4 is 16.7 Å². The molecule has 0 aliphatic heterocycles. The summed E-state index contributed by atoms with van der Waals surface area (Å²) < 4.78 is 1.63. The number of primary amides is 1. The fourth-order valence-corrected chi connectivity index (χ4v) is 2.71. The lowest BCUT2D eigenvalue weighted by Gasteiger charge is -2.25. The second kappa shape index (κ2) is 7.49. The first-order valence-corrected chi connectivity index (χ1v) is 7.70. The number of nitrogens with two attached hydrogens (primary N) is 1. The first kappa shape index (κ1) is 16.8. The van der Waals surface area contributed by atoms with Crippen LogP contribution in [0.4, 0.5) is 0 Å². The van der Waals surface area contributed by atoms with Crippen molar-refractivity contribution in [2.45, 2.75) is 50.4 Å². The third-order valence-electron chi connectivity index (χ3n) is 3.32. The second-order valence-corrected chi connectivity index (χ2v) is 5.92. The third-order valence-corrected chi connectivity index (χ3v) is 4.38. The number of H-pyrrole nitrogens is 1. The fraction of sp³-hybridized carbons (Fsp3) is 0.750. The number of aromatic nitrogens is 3. The fourth-order valence-electron chi connectivity index (χ4n) is 1.79. The first-order chi connectivity index (χ1) is 9.44. The van der Waals surface area contributed by atoms with E-state index in [0.29, 0.717) is 18.1 Å².